The van der Waals surface area contributed by atoms with Gasteiger partial charge in [-0.25, -0.2) is 4.98 Å². The first-order chi connectivity index (χ1) is 9.75. The predicted octanol–water partition coefficient (Wildman–Crippen LogP) is 3.49. The molecule has 3 aromatic rings. The van der Waals surface area contributed by atoms with Gasteiger partial charge in [-0.15, -0.1) is 0 Å². The van der Waals surface area contributed by atoms with E-state index in [0.717, 1.165) is 29.4 Å². The Balaban J connectivity index is 2.06. The van der Waals surface area contributed by atoms with E-state index in [1.165, 1.54) is 5.56 Å². The average Bonchev–Trinajstić information content (AvgIpc) is 2.78. The van der Waals surface area contributed by atoms with E-state index >= 15 is 0 Å². The molecule has 3 nitrogen and oxygen atoms in total. The number of nitrogens with two attached hydrogens (primary N) is 1. The van der Waals surface area contributed by atoms with E-state index < -0.39 is 0 Å². The standard InChI is InChI=1S/C17H17N3/c1-13-16(18)20(12-14-8-4-2-5-9-14)17(19-13)15-10-6-3-7-11-15/h2-11H,12,18H2,1H3. The van der Waals surface area contributed by atoms with Gasteiger partial charge in [0.15, 0.2) is 0 Å². The summed E-state index contributed by atoms with van der Waals surface area (Å²) in [7, 11) is 0. The minimum atomic E-state index is 0.729. The molecule has 20 heavy (non-hydrogen) atoms. The molecule has 0 atom stereocenters. The highest BCUT2D eigenvalue weighted by molar-refractivity contribution is 5.60. The van der Waals surface area contributed by atoms with Crippen molar-refractivity contribution in [2.45, 2.75) is 13.5 Å². The van der Waals surface area contributed by atoms with Crippen LogP contribution in [-0.4, -0.2) is 9.55 Å². The van der Waals surface area contributed by atoms with Crippen LogP contribution >= 0.6 is 0 Å². The van der Waals surface area contributed by atoms with Crippen LogP contribution in [-0.2, 0) is 6.54 Å². The number of aromatic nitrogens is 2. The van der Waals surface area contributed by atoms with Crippen molar-refractivity contribution in [3.05, 3.63) is 71.9 Å². The van der Waals surface area contributed by atoms with Crippen LogP contribution in [0.15, 0.2) is 60.7 Å². The smallest absolute Gasteiger partial charge is 0.142 e. The van der Waals surface area contributed by atoms with E-state index in [1.807, 2.05) is 43.3 Å². The first-order valence-corrected chi connectivity index (χ1v) is 6.67. The molecular weight excluding hydrogens is 246 g/mol. The number of aryl methyl sites for hydroxylation is 1. The van der Waals surface area contributed by atoms with Crippen molar-refractivity contribution in [3.63, 3.8) is 0 Å². The number of imidazole rings is 1. The number of nitrogen functional groups attached to an aromatic ring is 1. The Morgan fingerprint density at radius 2 is 1.55 bits per heavy atom. The van der Waals surface area contributed by atoms with Crippen molar-refractivity contribution in [2.24, 2.45) is 0 Å². The molecule has 2 aromatic carbocycles. The van der Waals surface area contributed by atoms with Crippen molar-refractivity contribution in [1.82, 2.24) is 9.55 Å². The summed E-state index contributed by atoms with van der Waals surface area (Å²) in [6, 6.07) is 20.5. The zero-order valence-electron chi connectivity index (χ0n) is 11.5. The van der Waals surface area contributed by atoms with Gasteiger partial charge in [-0.1, -0.05) is 60.7 Å². The molecule has 0 unspecified atom stereocenters. The van der Waals surface area contributed by atoms with E-state index in [2.05, 4.69) is 33.8 Å². The second-order valence-electron chi connectivity index (χ2n) is 4.84. The first-order valence-electron chi connectivity index (χ1n) is 6.67. The SMILES string of the molecule is Cc1nc(-c2ccccc2)n(Cc2ccccc2)c1N. The Hall–Kier alpha value is -2.55. The Bertz CT molecular complexity index is 700. The normalized spacial score (nSPS) is 10.7. The van der Waals surface area contributed by atoms with E-state index in [0.29, 0.717) is 0 Å². The van der Waals surface area contributed by atoms with Gasteiger partial charge in [-0.3, -0.25) is 0 Å². The lowest BCUT2D eigenvalue weighted by Gasteiger charge is -2.10. The Labute approximate surface area is 118 Å². The zero-order valence-corrected chi connectivity index (χ0v) is 11.5. The third kappa shape index (κ3) is 2.30. The van der Waals surface area contributed by atoms with Crippen molar-refractivity contribution in [3.8, 4) is 11.4 Å². The quantitative estimate of drug-likeness (QED) is 0.786. The second-order valence-corrected chi connectivity index (χ2v) is 4.84. The van der Waals surface area contributed by atoms with Gasteiger partial charge in [0.1, 0.15) is 11.6 Å². The molecule has 0 radical (unpaired) electrons. The first kappa shape index (κ1) is 12.5. The molecule has 0 aliphatic rings. The molecule has 1 aromatic heterocycles. The van der Waals surface area contributed by atoms with Crippen LogP contribution in [0.5, 0.6) is 0 Å². The lowest BCUT2D eigenvalue weighted by molar-refractivity contribution is 0.817. The number of benzene rings is 2. The summed E-state index contributed by atoms with van der Waals surface area (Å²) in [5.41, 5.74) is 9.37. The minimum Gasteiger partial charge on any atom is -0.384 e. The minimum absolute atomic E-state index is 0.729. The third-order valence-electron chi connectivity index (χ3n) is 3.41. The molecule has 0 amide bonds. The van der Waals surface area contributed by atoms with Gasteiger partial charge in [-0.05, 0) is 12.5 Å². The van der Waals surface area contributed by atoms with Crippen molar-refractivity contribution in [2.75, 3.05) is 5.73 Å². The maximum atomic E-state index is 6.19. The summed E-state index contributed by atoms with van der Waals surface area (Å²) < 4.78 is 2.07. The number of hydrogen-bond acceptors (Lipinski definition) is 2. The van der Waals surface area contributed by atoms with Crippen molar-refractivity contribution < 1.29 is 0 Å². The molecule has 3 heteroatoms. The summed E-state index contributed by atoms with van der Waals surface area (Å²) in [5.74, 6) is 1.65. The molecule has 0 aliphatic carbocycles. The molecule has 0 spiro atoms. The van der Waals surface area contributed by atoms with E-state index in [9.17, 15) is 0 Å². The van der Waals surface area contributed by atoms with Crippen LogP contribution in [0, 0.1) is 6.92 Å². The topological polar surface area (TPSA) is 43.8 Å². The van der Waals surface area contributed by atoms with Crippen LogP contribution in [0.2, 0.25) is 0 Å². The monoisotopic (exact) mass is 263 g/mol. The van der Waals surface area contributed by atoms with Gasteiger partial charge in [0, 0.05) is 5.56 Å². The molecule has 0 fully saturated rings. The number of anilines is 1. The number of hydrogen-bond donors (Lipinski definition) is 1. The Morgan fingerprint density at radius 1 is 0.950 bits per heavy atom. The van der Waals surface area contributed by atoms with Gasteiger partial charge in [-0.2, -0.15) is 0 Å². The average molecular weight is 263 g/mol. The lowest BCUT2D eigenvalue weighted by Crippen LogP contribution is -2.06. The molecule has 0 saturated carbocycles. The van der Waals surface area contributed by atoms with Gasteiger partial charge in [0.25, 0.3) is 0 Å². The zero-order chi connectivity index (χ0) is 13.9. The number of nitrogens with zero attached hydrogens (tertiary/aromatic N) is 2. The van der Waals surface area contributed by atoms with Gasteiger partial charge < -0.3 is 10.3 Å². The molecule has 0 saturated heterocycles. The molecule has 2 N–H and O–H groups in total. The summed E-state index contributed by atoms with van der Waals surface area (Å²) in [4.78, 5) is 4.61. The fourth-order valence-electron chi connectivity index (χ4n) is 2.32. The van der Waals surface area contributed by atoms with E-state index in [1.54, 1.807) is 0 Å². The van der Waals surface area contributed by atoms with Crippen molar-refractivity contribution in [1.29, 1.82) is 0 Å². The van der Waals surface area contributed by atoms with Gasteiger partial charge in [0.2, 0.25) is 0 Å². The molecule has 0 aliphatic heterocycles. The van der Waals surface area contributed by atoms with Crippen LogP contribution in [0.1, 0.15) is 11.3 Å². The third-order valence-corrected chi connectivity index (χ3v) is 3.41. The van der Waals surface area contributed by atoms with E-state index in [-0.39, 0.29) is 0 Å². The van der Waals surface area contributed by atoms with E-state index in [4.69, 9.17) is 5.73 Å². The molecule has 100 valence electrons. The summed E-state index contributed by atoms with van der Waals surface area (Å²) in [6.45, 7) is 2.68. The van der Waals surface area contributed by atoms with Crippen LogP contribution in [0.25, 0.3) is 11.4 Å². The second kappa shape index (κ2) is 5.21. The van der Waals surface area contributed by atoms with Crippen LogP contribution < -0.4 is 5.73 Å². The summed E-state index contributed by atoms with van der Waals surface area (Å²) in [6.07, 6.45) is 0. The Morgan fingerprint density at radius 3 is 2.20 bits per heavy atom. The molecular formula is C17H17N3. The maximum Gasteiger partial charge on any atom is 0.142 e. The number of rotatable bonds is 3. The van der Waals surface area contributed by atoms with Crippen LogP contribution in [0.4, 0.5) is 5.82 Å². The Kier molecular flexibility index (Phi) is 3.25. The molecule has 3 rings (SSSR count). The largest absolute Gasteiger partial charge is 0.384 e. The highest BCUT2D eigenvalue weighted by atomic mass is 15.1. The molecule has 1 heterocycles. The fraction of sp³-hybridized carbons (Fsp3) is 0.118. The van der Waals surface area contributed by atoms with Gasteiger partial charge >= 0.3 is 0 Å². The predicted molar refractivity (Wildman–Crippen MR) is 82.4 cm³/mol. The van der Waals surface area contributed by atoms with Gasteiger partial charge in [0.05, 0.1) is 12.2 Å². The highest BCUT2D eigenvalue weighted by Gasteiger charge is 2.13. The lowest BCUT2D eigenvalue weighted by atomic mass is 10.2. The molecule has 0 bridgehead atoms. The summed E-state index contributed by atoms with van der Waals surface area (Å²) in [5, 5.41) is 0. The highest BCUT2D eigenvalue weighted by Crippen LogP contribution is 2.24. The summed E-state index contributed by atoms with van der Waals surface area (Å²) >= 11 is 0. The van der Waals surface area contributed by atoms with Crippen LogP contribution in [0.3, 0.4) is 0 Å². The van der Waals surface area contributed by atoms with Crippen molar-refractivity contribution >= 4 is 5.82 Å². The maximum absolute atomic E-state index is 6.19. The fourth-order valence-corrected chi connectivity index (χ4v) is 2.32.